The van der Waals surface area contributed by atoms with Crippen LogP contribution in [-0.2, 0) is 0 Å². The Kier molecular flexibility index (Phi) is 6.86. The number of anilines is 1. The minimum Gasteiger partial charge on any atom is -0.490 e. The Morgan fingerprint density at radius 1 is 0.962 bits per heavy atom. The first kappa shape index (κ1) is 19.6. The zero-order chi connectivity index (χ0) is 19.1. The van der Waals surface area contributed by atoms with E-state index >= 15 is 0 Å². The summed E-state index contributed by atoms with van der Waals surface area (Å²) in [5.74, 6) is 0.424. The lowest BCUT2D eigenvalue weighted by Crippen LogP contribution is -2.19. The Balaban J connectivity index is 2.24. The molecule has 0 aliphatic carbocycles. The maximum atomic E-state index is 12.5. The van der Waals surface area contributed by atoms with Crippen molar-refractivity contribution in [3.63, 3.8) is 0 Å². The van der Waals surface area contributed by atoms with E-state index in [2.05, 4.69) is 10.6 Å². The monoisotopic (exact) mass is 376 g/mol. The van der Waals surface area contributed by atoms with Gasteiger partial charge in [0.15, 0.2) is 11.5 Å². The van der Waals surface area contributed by atoms with E-state index in [4.69, 9.17) is 21.1 Å². The van der Waals surface area contributed by atoms with E-state index in [1.54, 1.807) is 30.3 Å². The molecule has 2 rings (SSSR count). The first-order chi connectivity index (χ1) is 12.5. The lowest BCUT2D eigenvalue weighted by Gasteiger charge is -2.13. The third kappa shape index (κ3) is 4.67. The zero-order valence-electron chi connectivity index (χ0n) is 14.9. The maximum absolute atomic E-state index is 12.5. The minimum absolute atomic E-state index is 0.286. The largest absolute Gasteiger partial charge is 0.490 e. The summed E-state index contributed by atoms with van der Waals surface area (Å²) in [5.41, 5.74) is 1.16. The highest BCUT2D eigenvalue weighted by Gasteiger charge is 2.14. The van der Waals surface area contributed by atoms with Gasteiger partial charge in [-0.15, -0.1) is 0 Å². The van der Waals surface area contributed by atoms with Crippen LogP contribution in [0.3, 0.4) is 0 Å². The van der Waals surface area contributed by atoms with E-state index < -0.39 is 0 Å². The van der Waals surface area contributed by atoms with E-state index in [1.807, 2.05) is 13.8 Å². The maximum Gasteiger partial charge on any atom is 0.255 e. The van der Waals surface area contributed by atoms with Crippen molar-refractivity contribution < 1.29 is 19.1 Å². The summed E-state index contributed by atoms with van der Waals surface area (Å²) in [5, 5.41) is 5.57. The molecule has 0 fully saturated rings. The van der Waals surface area contributed by atoms with Gasteiger partial charge in [-0.1, -0.05) is 11.6 Å². The predicted octanol–water partition coefficient (Wildman–Crippen LogP) is 3.75. The van der Waals surface area contributed by atoms with Crippen LogP contribution in [0.1, 0.15) is 34.6 Å². The van der Waals surface area contributed by atoms with Crippen molar-refractivity contribution in [1.82, 2.24) is 5.32 Å². The normalized spacial score (nSPS) is 10.2. The van der Waals surface area contributed by atoms with Crippen molar-refractivity contribution in [2.75, 3.05) is 25.6 Å². The summed E-state index contributed by atoms with van der Waals surface area (Å²) < 4.78 is 11.0. The molecule has 26 heavy (non-hydrogen) atoms. The highest BCUT2D eigenvalue weighted by atomic mass is 35.5. The fourth-order valence-electron chi connectivity index (χ4n) is 2.31. The van der Waals surface area contributed by atoms with E-state index in [-0.39, 0.29) is 17.4 Å². The molecule has 0 radical (unpaired) electrons. The van der Waals surface area contributed by atoms with E-state index in [1.165, 1.54) is 13.1 Å². The molecule has 138 valence electrons. The molecule has 0 aliphatic heterocycles. The van der Waals surface area contributed by atoms with Gasteiger partial charge in [0.25, 0.3) is 11.8 Å². The summed E-state index contributed by atoms with van der Waals surface area (Å²) in [6.07, 6.45) is 0. The molecule has 7 heteroatoms. The molecule has 2 aromatic rings. The summed E-state index contributed by atoms with van der Waals surface area (Å²) in [4.78, 5) is 24.4. The number of carbonyl (C=O) groups excluding carboxylic acids is 2. The number of nitrogens with one attached hydrogen (secondary N) is 2. The van der Waals surface area contributed by atoms with Crippen molar-refractivity contribution in [1.29, 1.82) is 0 Å². The van der Waals surface area contributed by atoms with Crippen molar-refractivity contribution in [3.05, 3.63) is 52.5 Å². The zero-order valence-corrected chi connectivity index (χ0v) is 15.6. The van der Waals surface area contributed by atoms with Crippen LogP contribution in [-0.4, -0.2) is 32.1 Å². The van der Waals surface area contributed by atoms with E-state index in [9.17, 15) is 9.59 Å². The Morgan fingerprint density at radius 2 is 1.65 bits per heavy atom. The number of hydrogen-bond donors (Lipinski definition) is 2. The van der Waals surface area contributed by atoms with Gasteiger partial charge in [-0.2, -0.15) is 0 Å². The number of carbonyl (C=O) groups is 2. The van der Waals surface area contributed by atoms with Crippen LogP contribution in [0.4, 0.5) is 5.69 Å². The van der Waals surface area contributed by atoms with Crippen LogP contribution < -0.4 is 20.1 Å². The van der Waals surface area contributed by atoms with Crippen LogP contribution in [0.2, 0.25) is 5.02 Å². The van der Waals surface area contributed by atoms with Gasteiger partial charge in [0.05, 0.1) is 23.8 Å². The first-order valence-corrected chi connectivity index (χ1v) is 8.60. The quantitative estimate of drug-likeness (QED) is 0.771. The number of ether oxygens (including phenoxy) is 2. The summed E-state index contributed by atoms with van der Waals surface area (Å²) in [6, 6.07) is 9.69. The predicted molar refractivity (Wildman–Crippen MR) is 102 cm³/mol. The molecular weight excluding hydrogens is 356 g/mol. The average molecular weight is 377 g/mol. The topological polar surface area (TPSA) is 76.7 Å². The molecule has 2 amide bonds. The standard InChI is InChI=1S/C19H21ClN2O4/c1-4-25-16-9-6-12(10-17(16)26-5-2)18(23)22-13-7-8-15(20)14(11-13)19(24)21-3/h6-11H,4-5H2,1-3H3,(H,21,24)(H,22,23). The van der Waals surface area contributed by atoms with Gasteiger partial charge in [0, 0.05) is 18.3 Å². The molecule has 0 saturated heterocycles. The molecule has 2 aromatic carbocycles. The second-order valence-electron chi connectivity index (χ2n) is 5.26. The highest BCUT2D eigenvalue weighted by Crippen LogP contribution is 2.29. The van der Waals surface area contributed by atoms with Crippen molar-refractivity contribution >= 4 is 29.1 Å². The van der Waals surface area contributed by atoms with Crippen LogP contribution >= 0.6 is 11.6 Å². The fraction of sp³-hybridized carbons (Fsp3) is 0.263. The lowest BCUT2D eigenvalue weighted by atomic mass is 10.1. The molecule has 0 atom stereocenters. The SMILES string of the molecule is CCOc1ccc(C(=O)Nc2ccc(Cl)c(C(=O)NC)c2)cc1OCC. The third-order valence-corrected chi connectivity index (χ3v) is 3.83. The molecule has 0 aromatic heterocycles. The van der Waals surface area contributed by atoms with Crippen molar-refractivity contribution in [2.24, 2.45) is 0 Å². The van der Waals surface area contributed by atoms with Crippen molar-refractivity contribution in [3.8, 4) is 11.5 Å². The van der Waals surface area contributed by atoms with Gasteiger partial charge >= 0.3 is 0 Å². The first-order valence-electron chi connectivity index (χ1n) is 8.22. The number of benzene rings is 2. The molecule has 0 spiro atoms. The molecule has 2 N–H and O–H groups in total. The molecule has 0 heterocycles. The third-order valence-electron chi connectivity index (χ3n) is 3.50. The summed E-state index contributed by atoms with van der Waals surface area (Å²) >= 11 is 6.02. The van der Waals surface area contributed by atoms with Crippen LogP contribution in [0.5, 0.6) is 11.5 Å². The second-order valence-corrected chi connectivity index (χ2v) is 5.66. The molecule has 0 saturated carbocycles. The smallest absolute Gasteiger partial charge is 0.255 e. The number of hydrogen-bond acceptors (Lipinski definition) is 4. The molecule has 6 nitrogen and oxygen atoms in total. The van der Waals surface area contributed by atoms with E-state index in [0.29, 0.717) is 41.0 Å². The highest BCUT2D eigenvalue weighted by molar-refractivity contribution is 6.34. The number of amides is 2. The Bertz CT molecular complexity index is 808. The molecule has 0 unspecified atom stereocenters. The molecule has 0 bridgehead atoms. The Labute approximate surface area is 157 Å². The second kappa shape index (κ2) is 9.10. The summed E-state index contributed by atoms with van der Waals surface area (Å²) in [6.45, 7) is 4.69. The van der Waals surface area contributed by atoms with Crippen LogP contribution in [0.25, 0.3) is 0 Å². The van der Waals surface area contributed by atoms with Gasteiger partial charge in [0.1, 0.15) is 0 Å². The van der Waals surface area contributed by atoms with Gasteiger partial charge < -0.3 is 20.1 Å². The minimum atomic E-state index is -0.334. The van der Waals surface area contributed by atoms with Gasteiger partial charge in [-0.05, 0) is 50.2 Å². The van der Waals surface area contributed by atoms with Gasteiger partial charge in [-0.3, -0.25) is 9.59 Å². The lowest BCUT2D eigenvalue weighted by molar-refractivity contribution is 0.0961. The van der Waals surface area contributed by atoms with Crippen LogP contribution in [0, 0.1) is 0 Å². The van der Waals surface area contributed by atoms with E-state index in [0.717, 1.165) is 0 Å². The van der Waals surface area contributed by atoms with Crippen molar-refractivity contribution in [2.45, 2.75) is 13.8 Å². The Morgan fingerprint density at radius 3 is 2.31 bits per heavy atom. The molecule has 0 aliphatic rings. The number of halogens is 1. The summed E-state index contributed by atoms with van der Waals surface area (Å²) in [7, 11) is 1.51. The van der Waals surface area contributed by atoms with Gasteiger partial charge in [-0.25, -0.2) is 0 Å². The Hall–Kier alpha value is -2.73. The molecular formula is C19H21ClN2O4. The fourth-order valence-corrected chi connectivity index (χ4v) is 2.51. The number of rotatable bonds is 7. The van der Waals surface area contributed by atoms with Crippen LogP contribution in [0.15, 0.2) is 36.4 Å². The van der Waals surface area contributed by atoms with Gasteiger partial charge in [0.2, 0.25) is 0 Å². The average Bonchev–Trinajstić information content (AvgIpc) is 2.64.